The second kappa shape index (κ2) is 13.3. The summed E-state index contributed by atoms with van der Waals surface area (Å²) >= 11 is 0. The molecule has 4 heteroatoms. The van der Waals surface area contributed by atoms with Crippen LogP contribution in [0.3, 0.4) is 0 Å². The van der Waals surface area contributed by atoms with E-state index in [1.165, 1.54) is 44.9 Å². The van der Waals surface area contributed by atoms with Crippen molar-refractivity contribution in [3.8, 4) is 0 Å². The largest absolute Gasteiger partial charge is 0.480 e. The summed E-state index contributed by atoms with van der Waals surface area (Å²) in [6, 6.07) is 0. The number of carboxylic acid groups (broad SMARTS) is 1. The molecule has 0 aromatic heterocycles. The molecule has 0 saturated carbocycles. The van der Waals surface area contributed by atoms with Gasteiger partial charge in [0.05, 0.1) is 0 Å². The maximum atomic E-state index is 12.5. The third-order valence-electron chi connectivity index (χ3n) is 5.03. The van der Waals surface area contributed by atoms with Crippen LogP contribution in [0, 0.1) is 5.41 Å². The van der Waals surface area contributed by atoms with Gasteiger partial charge < -0.3 is 10.0 Å². The summed E-state index contributed by atoms with van der Waals surface area (Å²) in [6.45, 7) is 8.74. The molecule has 0 aliphatic heterocycles. The summed E-state index contributed by atoms with van der Waals surface area (Å²) in [5.74, 6) is -1.23. The maximum Gasteiger partial charge on any atom is 0.318 e. The monoisotopic (exact) mass is 341 g/mol. The molecule has 0 fully saturated rings. The van der Waals surface area contributed by atoms with Gasteiger partial charge in [0.1, 0.15) is 5.41 Å². The summed E-state index contributed by atoms with van der Waals surface area (Å²) in [5, 5.41) is 9.54. The predicted octanol–water partition coefficient (Wildman–Crippen LogP) is 5.26. The molecular formula is C20H39NO3. The van der Waals surface area contributed by atoms with Crippen molar-refractivity contribution in [2.75, 3.05) is 13.1 Å². The number of nitrogens with zero attached hydrogens (tertiary/aromatic N) is 1. The van der Waals surface area contributed by atoms with E-state index >= 15 is 0 Å². The highest BCUT2D eigenvalue weighted by Crippen LogP contribution is 2.28. The molecule has 0 rings (SSSR count). The smallest absolute Gasteiger partial charge is 0.318 e. The van der Waals surface area contributed by atoms with E-state index in [2.05, 4.69) is 6.92 Å². The van der Waals surface area contributed by atoms with Gasteiger partial charge in [-0.3, -0.25) is 9.59 Å². The second-order valence-corrected chi connectivity index (χ2v) is 7.05. The normalized spacial score (nSPS) is 13.5. The fraction of sp³-hybridized carbons (Fsp3) is 0.900. The lowest BCUT2D eigenvalue weighted by molar-refractivity contribution is -0.160. The molecule has 1 N–H and O–H groups in total. The third-order valence-corrected chi connectivity index (χ3v) is 5.03. The van der Waals surface area contributed by atoms with E-state index in [0.29, 0.717) is 19.5 Å². The lowest BCUT2D eigenvalue weighted by atomic mass is 9.83. The fourth-order valence-corrected chi connectivity index (χ4v) is 3.13. The minimum atomic E-state index is -1.27. The van der Waals surface area contributed by atoms with Crippen molar-refractivity contribution in [3.63, 3.8) is 0 Å². The first kappa shape index (κ1) is 22.9. The molecule has 0 spiro atoms. The Labute approximate surface area is 149 Å². The number of hydrogen-bond acceptors (Lipinski definition) is 2. The Kier molecular flexibility index (Phi) is 12.7. The van der Waals surface area contributed by atoms with Crippen molar-refractivity contribution in [2.45, 2.75) is 98.3 Å². The molecule has 0 aliphatic carbocycles. The van der Waals surface area contributed by atoms with Crippen LogP contribution >= 0.6 is 0 Å². The van der Waals surface area contributed by atoms with Gasteiger partial charge in [0.15, 0.2) is 0 Å². The van der Waals surface area contributed by atoms with Gasteiger partial charge in [0, 0.05) is 13.1 Å². The number of carboxylic acids is 1. The zero-order valence-corrected chi connectivity index (χ0v) is 16.4. The first-order valence-electron chi connectivity index (χ1n) is 9.96. The quantitative estimate of drug-likeness (QED) is 0.326. The van der Waals surface area contributed by atoms with Crippen molar-refractivity contribution in [2.24, 2.45) is 5.41 Å². The molecule has 24 heavy (non-hydrogen) atoms. The number of carbonyl (C=O) groups excluding carboxylic acids is 1. The summed E-state index contributed by atoms with van der Waals surface area (Å²) in [6.07, 6.45) is 12.5. The minimum Gasteiger partial charge on any atom is -0.480 e. The highest BCUT2D eigenvalue weighted by Gasteiger charge is 2.42. The zero-order chi connectivity index (χ0) is 18.4. The first-order chi connectivity index (χ1) is 11.4. The van der Waals surface area contributed by atoms with E-state index in [-0.39, 0.29) is 5.91 Å². The summed E-state index contributed by atoms with van der Waals surface area (Å²) in [7, 11) is 0. The van der Waals surface area contributed by atoms with Crippen LogP contribution in [0.25, 0.3) is 0 Å². The molecule has 1 unspecified atom stereocenters. The van der Waals surface area contributed by atoms with Gasteiger partial charge in [-0.1, -0.05) is 71.1 Å². The Morgan fingerprint density at radius 2 is 1.21 bits per heavy atom. The SMILES string of the molecule is CCCCCCCCCCCCC(C)(C(=O)O)C(=O)N(CC)CC. The van der Waals surface area contributed by atoms with Gasteiger partial charge in [-0.2, -0.15) is 0 Å². The van der Waals surface area contributed by atoms with Crippen LogP contribution in [0.2, 0.25) is 0 Å². The van der Waals surface area contributed by atoms with Crippen molar-refractivity contribution >= 4 is 11.9 Å². The number of rotatable bonds is 15. The van der Waals surface area contributed by atoms with Crippen molar-refractivity contribution < 1.29 is 14.7 Å². The number of unbranched alkanes of at least 4 members (excludes halogenated alkanes) is 9. The van der Waals surface area contributed by atoms with Gasteiger partial charge in [-0.05, 0) is 27.2 Å². The molecule has 0 saturated heterocycles. The molecule has 1 atom stereocenters. The Hall–Kier alpha value is -1.06. The third kappa shape index (κ3) is 8.16. The van der Waals surface area contributed by atoms with E-state index in [1.807, 2.05) is 13.8 Å². The molecule has 0 radical (unpaired) electrons. The molecular weight excluding hydrogens is 302 g/mol. The predicted molar refractivity (Wildman–Crippen MR) is 100 cm³/mol. The minimum absolute atomic E-state index is 0.240. The van der Waals surface area contributed by atoms with Gasteiger partial charge >= 0.3 is 5.97 Å². The van der Waals surface area contributed by atoms with Crippen LogP contribution in [-0.4, -0.2) is 35.0 Å². The molecule has 1 amide bonds. The van der Waals surface area contributed by atoms with E-state index in [1.54, 1.807) is 11.8 Å². The van der Waals surface area contributed by atoms with E-state index in [0.717, 1.165) is 19.3 Å². The van der Waals surface area contributed by atoms with Crippen molar-refractivity contribution in [1.82, 2.24) is 4.90 Å². The van der Waals surface area contributed by atoms with E-state index in [4.69, 9.17) is 0 Å². The number of hydrogen-bond donors (Lipinski definition) is 1. The van der Waals surface area contributed by atoms with Crippen molar-refractivity contribution in [3.05, 3.63) is 0 Å². The number of carbonyl (C=O) groups is 2. The van der Waals surface area contributed by atoms with Crippen LogP contribution < -0.4 is 0 Å². The highest BCUT2D eigenvalue weighted by atomic mass is 16.4. The Morgan fingerprint density at radius 3 is 1.58 bits per heavy atom. The molecule has 0 heterocycles. The van der Waals surface area contributed by atoms with E-state index < -0.39 is 11.4 Å². The first-order valence-corrected chi connectivity index (χ1v) is 9.96. The highest BCUT2D eigenvalue weighted by molar-refractivity contribution is 6.01. The summed E-state index contributed by atoms with van der Waals surface area (Å²) < 4.78 is 0. The molecule has 0 aromatic rings. The van der Waals surface area contributed by atoms with Gasteiger partial charge in [0.25, 0.3) is 0 Å². The number of amides is 1. The molecule has 0 aliphatic rings. The fourth-order valence-electron chi connectivity index (χ4n) is 3.13. The topological polar surface area (TPSA) is 57.6 Å². The van der Waals surface area contributed by atoms with Crippen LogP contribution in [-0.2, 0) is 9.59 Å². The molecule has 0 aromatic carbocycles. The molecule has 0 bridgehead atoms. The summed E-state index contributed by atoms with van der Waals surface area (Å²) in [4.78, 5) is 25.8. The lowest BCUT2D eigenvalue weighted by Crippen LogP contribution is -2.46. The van der Waals surface area contributed by atoms with Gasteiger partial charge in [-0.25, -0.2) is 0 Å². The zero-order valence-electron chi connectivity index (χ0n) is 16.4. The second-order valence-electron chi connectivity index (χ2n) is 7.05. The lowest BCUT2D eigenvalue weighted by Gasteiger charge is -2.30. The Morgan fingerprint density at radius 1 is 0.792 bits per heavy atom. The average molecular weight is 342 g/mol. The number of aliphatic carboxylic acids is 1. The Bertz CT molecular complexity index is 353. The van der Waals surface area contributed by atoms with Crippen molar-refractivity contribution in [1.29, 1.82) is 0 Å². The average Bonchev–Trinajstić information content (AvgIpc) is 2.57. The standard InChI is InChI=1S/C20H39NO3/c1-5-8-9-10-11-12-13-14-15-16-17-20(4,19(23)24)18(22)21(6-2)7-3/h5-17H2,1-4H3,(H,23,24). The van der Waals surface area contributed by atoms with Crippen LogP contribution in [0.5, 0.6) is 0 Å². The summed E-state index contributed by atoms with van der Waals surface area (Å²) in [5.41, 5.74) is -1.27. The van der Waals surface area contributed by atoms with E-state index in [9.17, 15) is 14.7 Å². The van der Waals surface area contributed by atoms with Crippen LogP contribution in [0.1, 0.15) is 98.3 Å². The van der Waals surface area contributed by atoms with Gasteiger partial charge in [0.2, 0.25) is 5.91 Å². The Balaban J connectivity index is 4.06. The van der Waals surface area contributed by atoms with Crippen LogP contribution in [0.4, 0.5) is 0 Å². The van der Waals surface area contributed by atoms with Crippen LogP contribution in [0.15, 0.2) is 0 Å². The maximum absolute atomic E-state index is 12.5. The van der Waals surface area contributed by atoms with Gasteiger partial charge in [-0.15, -0.1) is 0 Å². The molecule has 4 nitrogen and oxygen atoms in total. The molecule has 142 valence electrons.